The van der Waals surface area contributed by atoms with Crippen molar-refractivity contribution in [3.05, 3.63) is 59.5 Å². The number of benzene rings is 1. The van der Waals surface area contributed by atoms with Gasteiger partial charge in [0.05, 0.1) is 6.61 Å². The molecule has 7 nitrogen and oxygen atoms in total. The number of pyridine rings is 1. The lowest BCUT2D eigenvalue weighted by molar-refractivity contribution is 0.336. The Hall–Kier alpha value is -2.36. The van der Waals surface area contributed by atoms with Gasteiger partial charge in [-0.15, -0.1) is 34.2 Å². The topological polar surface area (TPSA) is 75.8 Å². The zero-order valence-electron chi connectivity index (χ0n) is 17.2. The largest absolute Gasteiger partial charge is 0.494 e. The molecule has 2 aromatic heterocycles. The van der Waals surface area contributed by atoms with Crippen molar-refractivity contribution in [3.8, 4) is 5.75 Å². The summed E-state index contributed by atoms with van der Waals surface area (Å²) < 4.78 is 7.77. The molecular weight excluding hydrogens is 479 g/mol. The third-order valence-electron chi connectivity index (χ3n) is 4.45. The van der Waals surface area contributed by atoms with Gasteiger partial charge < -0.3 is 15.4 Å². The molecule has 0 saturated carbocycles. The van der Waals surface area contributed by atoms with Crippen molar-refractivity contribution in [3.63, 3.8) is 0 Å². The Kier molecular flexibility index (Phi) is 9.17. The van der Waals surface area contributed by atoms with E-state index in [0.29, 0.717) is 13.2 Å². The van der Waals surface area contributed by atoms with Gasteiger partial charge in [-0.25, -0.2) is 0 Å². The Labute approximate surface area is 189 Å². The molecule has 3 aromatic rings. The van der Waals surface area contributed by atoms with E-state index >= 15 is 0 Å². The molecule has 0 aliphatic carbocycles. The second kappa shape index (κ2) is 11.6. The first kappa shape index (κ1) is 22.9. The van der Waals surface area contributed by atoms with Crippen molar-refractivity contribution < 1.29 is 4.74 Å². The summed E-state index contributed by atoms with van der Waals surface area (Å²) in [7, 11) is 1.78. The van der Waals surface area contributed by atoms with Gasteiger partial charge in [-0.05, 0) is 44.0 Å². The summed E-state index contributed by atoms with van der Waals surface area (Å²) in [5, 5.41) is 15.2. The summed E-state index contributed by atoms with van der Waals surface area (Å²) in [5.41, 5.74) is 3.19. The third kappa shape index (κ3) is 6.31. The van der Waals surface area contributed by atoms with Crippen LogP contribution in [0.4, 0.5) is 0 Å². The van der Waals surface area contributed by atoms with Gasteiger partial charge in [-0.2, -0.15) is 0 Å². The maximum atomic E-state index is 5.74. The number of halogens is 1. The maximum Gasteiger partial charge on any atom is 0.191 e. The van der Waals surface area contributed by atoms with Crippen molar-refractivity contribution in [1.82, 2.24) is 25.2 Å². The molecule has 0 radical (unpaired) electrons. The predicted octanol–water partition coefficient (Wildman–Crippen LogP) is 3.35. The highest BCUT2D eigenvalue weighted by atomic mass is 127. The van der Waals surface area contributed by atoms with Crippen LogP contribution >= 0.6 is 24.0 Å². The molecule has 3 rings (SSSR count). The number of aryl methyl sites for hydroxylation is 2. The highest BCUT2D eigenvalue weighted by Crippen LogP contribution is 2.20. The molecule has 156 valence electrons. The van der Waals surface area contributed by atoms with E-state index in [1.165, 1.54) is 5.56 Å². The number of fused-ring (bicyclic) bond motifs is 1. The molecule has 1 aromatic carbocycles. The first-order valence-electron chi connectivity index (χ1n) is 9.66. The van der Waals surface area contributed by atoms with Gasteiger partial charge in [0.25, 0.3) is 0 Å². The molecule has 0 aliphatic rings. The molecule has 8 heteroatoms. The fourth-order valence-corrected chi connectivity index (χ4v) is 3.01. The van der Waals surface area contributed by atoms with Crippen molar-refractivity contribution in [2.75, 3.05) is 20.2 Å². The van der Waals surface area contributed by atoms with Gasteiger partial charge in [0.15, 0.2) is 11.6 Å². The third-order valence-corrected chi connectivity index (χ3v) is 4.45. The van der Waals surface area contributed by atoms with Crippen LogP contribution in [0.5, 0.6) is 5.75 Å². The minimum atomic E-state index is 0. The SMILES string of the molecule is CCOc1cc(C)ccc1CNC(=NC)NCCCc1nnc2ccccn12.I. The first-order chi connectivity index (χ1) is 13.7. The van der Waals surface area contributed by atoms with Gasteiger partial charge in [-0.1, -0.05) is 18.2 Å². The molecule has 0 spiro atoms. The molecule has 0 bridgehead atoms. The maximum absolute atomic E-state index is 5.74. The number of hydrogen-bond acceptors (Lipinski definition) is 4. The van der Waals surface area contributed by atoms with Crippen LogP contribution < -0.4 is 15.4 Å². The molecule has 0 saturated heterocycles. The minimum absolute atomic E-state index is 0. The monoisotopic (exact) mass is 508 g/mol. The number of ether oxygens (including phenoxy) is 1. The Morgan fingerprint density at radius 2 is 2.03 bits per heavy atom. The summed E-state index contributed by atoms with van der Waals surface area (Å²) in [6, 6.07) is 12.2. The van der Waals surface area contributed by atoms with Gasteiger partial charge >= 0.3 is 0 Å². The van der Waals surface area contributed by atoms with Crippen LogP contribution in [0.1, 0.15) is 30.3 Å². The van der Waals surface area contributed by atoms with E-state index in [9.17, 15) is 0 Å². The molecule has 2 heterocycles. The highest BCUT2D eigenvalue weighted by molar-refractivity contribution is 14.0. The molecule has 2 N–H and O–H groups in total. The van der Waals surface area contributed by atoms with Gasteiger partial charge in [0, 0.05) is 38.3 Å². The summed E-state index contributed by atoms with van der Waals surface area (Å²) in [5.74, 6) is 2.67. The Bertz CT molecular complexity index is 940. The van der Waals surface area contributed by atoms with Crippen LogP contribution in [0.2, 0.25) is 0 Å². The summed E-state index contributed by atoms with van der Waals surface area (Å²) >= 11 is 0. The molecule has 0 atom stereocenters. The highest BCUT2D eigenvalue weighted by Gasteiger charge is 2.07. The summed E-state index contributed by atoms with van der Waals surface area (Å²) in [4.78, 5) is 4.30. The normalized spacial score (nSPS) is 11.2. The number of aromatic nitrogens is 3. The standard InChI is InChI=1S/C21H28N6O.HI/c1-4-28-18-14-16(2)10-11-17(18)15-24-21(22-3)23-12-7-9-20-26-25-19-8-5-6-13-27(19)20;/h5-6,8,10-11,13-14H,4,7,9,12,15H2,1-3H3,(H2,22,23,24);1H. The average Bonchev–Trinajstić information content (AvgIpc) is 3.12. The molecular formula is C21H29IN6O. The quantitative estimate of drug-likeness (QED) is 0.211. The van der Waals surface area contributed by atoms with Crippen LogP contribution in [-0.4, -0.2) is 40.8 Å². The number of aliphatic imine (C=N–C) groups is 1. The van der Waals surface area contributed by atoms with E-state index in [4.69, 9.17) is 4.74 Å². The van der Waals surface area contributed by atoms with E-state index < -0.39 is 0 Å². The predicted molar refractivity (Wildman–Crippen MR) is 127 cm³/mol. The van der Waals surface area contributed by atoms with E-state index in [0.717, 1.165) is 48.1 Å². The second-order valence-electron chi connectivity index (χ2n) is 6.55. The van der Waals surface area contributed by atoms with Gasteiger partial charge in [0.1, 0.15) is 11.6 Å². The van der Waals surface area contributed by atoms with Gasteiger partial charge in [-0.3, -0.25) is 9.39 Å². The van der Waals surface area contributed by atoms with Crippen molar-refractivity contribution >= 4 is 35.6 Å². The van der Waals surface area contributed by atoms with E-state index in [1.54, 1.807) is 7.05 Å². The zero-order valence-corrected chi connectivity index (χ0v) is 19.5. The van der Waals surface area contributed by atoms with Crippen LogP contribution in [-0.2, 0) is 13.0 Å². The van der Waals surface area contributed by atoms with Crippen molar-refractivity contribution in [1.29, 1.82) is 0 Å². The molecule has 0 unspecified atom stereocenters. The lowest BCUT2D eigenvalue weighted by Crippen LogP contribution is -2.37. The van der Waals surface area contributed by atoms with Crippen molar-refractivity contribution in [2.24, 2.45) is 4.99 Å². The van der Waals surface area contributed by atoms with Crippen molar-refractivity contribution in [2.45, 2.75) is 33.2 Å². The van der Waals surface area contributed by atoms with Crippen LogP contribution in [0.15, 0.2) is 47.6 Å². The summed E-state index contributed by atoms with van der Waals surface area (Å²) in [6.07, 6.45) is 3.78. The smallest absolute Gasteiger partial charge is 0.191 e. The number of guanidine groups is 1. The second-order valence-corrected chi connectivity index (χ2v) is 6.55. The first-order valence-corrected chi connectivity index (χ1v) is 9.66. The van der Waals surface area contributed by atoms with Crippen LogP contribution in [0.25, 0.3) is 5.65 Å². The lowest BCUT2D eigenvalue weighted by Gasteiger charge is -2.15. The van der Waals surface area contributed by atoms with E-state index in [-0.39, 0.29) is 24.0 Å². The molecule has 29 heavy (non-hydrogen) atoms. The van der Waals surface area contributed by atoms with E-state index in [1.807, 2.05) is 35.7 Å². The number of hydrogen-bond donors (Lipinski definition) is 2. The fourth-order valence-electron chi connectivity index (χ4n) is 3.01. The Morgan fingerprint density at radius 3 is 2.83 bits per heavy atom. The van der Waals surface area contributed by atoms with Crippen LogP contribution in [0, 0.1) is 6.92 Å². The van der Waals surface area contributed by atoms with Gasteiger partial charge in [0.2, 0.25) is 0 Å². The molecule has 0 aliphatic heterocycles. The zero-order chi connectivity index (χ0) is 19.8. The fraction of sp³-hybridized carbons (Fsp3) is 0.381. The summed E-state index contributed by atoms with van der Waals surface area (Å²) in [6.45, 7) is 6.18. The lowest BCUT2D eigenvalue weighted by atomic mass is 10.1. The molecule has 0 amide bonds. The number of nitrogens with zero attached hydrogens (tertiary/aromatic N) is 4. The average molecular weight is 508 g/mol. The van der Waals surface area contributed by atoms with Crippen LogP contribution in [0.3, 0.4) is 0 Å². The Morgan fingerprint density at radius 1 is 1.17 bits per heavy atom. The number of nitrogens with one attached hydrogen (secondary N) is 2. The minimum Gasteiger partial charge on any atom is -0.494 e. The number of rotatable bonds is 8. The van der Waals surface area contributed by atoms with E-state index in [2.05, 4.69) is 50.9 Å². The Balaban J connectivity index is 0.00000300. The molecule has 0 fully saturated rings.